The van der Waals surface area contributed by atoms with Crippen LogP contribution in [0.2, 0.25) is 0 Å². The number of aliphatic hydroxyl groups is 1. The minimum absolute atomic E-state index is 0.0417. The van der Waals surface area contributed by atoms with Crippen molar-refractivity contribution in [2.24, 2.45) is 0 Å². The highest BCUT2D eigenvalue weighted by Crippen LogP contribution is 2.40. The van der Waals surface area contributed by atoms with Gasteiger partial charge in [-0.15, -0.1) is 0 Å². The van der Waals surface area contributed by atoms with Crippen LogP contribution in [-0.2, 0) is 6.54 Å². The minimum Gasteiger partial charge on any atom is -0.497 e. The normalized spacial score (nSPS) is 20.5. The molecule has 0 saturated carbocycles. The molecule has 10 nitrogen and oxygen atoms in total. The number of nitrogens with one attached hydrogen (secondary N) is 2. The van der Waals surface area contributed by atoms with Crippen LogP contribution in [-0.4, -0.2) is 91.6 Å². The van der Waals surface area contributed by atoms with E-state index in [4.69, 9.17) is 14.5 Å². The summed E-state index contributed by atoms with van der Waals surface area (Å²) in [5.41, 5.74) is 8.07. The van der Waals surface area contributed by atoms with Crippen LogP contribution in [0.1, 0.15) is 29.9 Å². The molecule has 194 valence electrons. The third-order valence-corrected chi connectivity index (χ3v) is 7.77. The number of amides is 2. The number of carbonyl (C=O) groups is 1. The zero-order chi connectivity index (χ0) is 25.1. The Kier molecular flexibility index (Phi) is 7.29. The number of rotatable bonds is 8. The molecule has 2 amide bonds. The molecule has 1 aromatic heterocycles. The molecule has 1 spiro atoms. The summed E-state index contributed by atoms with van der Waals surface area (Å²) in [5.74, 6) is 2.22. The Labute approximate surface area is 212 Å². The van der Waals surface area contributed by atoms with Gasteiger partial charge in [0.05, 0.1) is 32.9 Å². The van der Waals surface area contributed by atoms with E-state index < -0.39 is 0 Å². The van der Waals surface area contributed by atoms with Gasteiger partial charge in [0.25, 0.3) is 0 Å². The summed E-state index contributed by atoms with van der Waals surface area (Å²) in [6, 6.07) is 11.8. The van der Waals surface area contributed by atoms with Crippen molar-refractivity contribution in [3.8, 4) is 11.6 Å². The number of aliphatic hydroxyl groups excluding tert-OH is 1. The fourth-order valence-electron chi connectivity index (χ4n) is 5.67. The van der Waals surface area contributed by atoms with E-state index in [1.54, 1.807) is 19.1 Å². The van der Waals surface area contributed by atoms with Crippen molar-refractivity contribution in [2.45, 2.75) is 30.8 Å². The van der Waals surface area contributed by atoms with E-state index in [2.05, 4.69) is 15.8 Å². The van der Waals surface area contributed by atoms with Gasteiger partial charge in [-0.2, -0.15) is 4.98 Å². The maximum atomic E-state index is 14.0. The Morgan fingerprint density at radius 3 is 2.58 bits per heavy atom. The van der Waals surface area contributed by atoms with E-state index >= 15 is 0 Å². The lowest BCUT2D eigenvalue weighted by Crippen LogP contribution is -2.54. The molecule has 3 fully saturated rings. The van der Waals surface area contributed by atoms with Gasteiger partial charge in [0.15, 0.2) is 0 Å². The molecular formula is C26H36N6O4. The standard InChI is InChI=1S/C26H36N6O4/c1-35-21-5-3-4-19(14-21)17-32-25(34)31(18-26(32)8-10-30(11-9-26)12-13-33)23-7-6-22(24(29-23)36-2)20-15-27-28-16-20/h3-7,14,20,27-28,33H,8-13,15-18H2,1-2H3. The number of nitrogens with zero attached hydrogens (tertiary/aromatic N) is 4. The molecule has 4 heterocycles. The van der Waals surface area contributed by atoms with E-state index in [9.17, 15) is 9.90 Å². The van der Waals surface area contributed by atoms with Crippen molar-refractivity contribution in [2.75, 3.05) is 65.0 Å². The van der Waals surface area contributed by atoms with Crippen molar-refractivity contribution in [3.05, 3.63) is 47.5 Å². The zero-order valence-electron chi connectivity index (χ0n) is 21.1. The van der Waals surface area contributed by atoms with Crippen molar-refractivity contribution in [3.63, 3.8) is 0 Å². The average molecular weight is 497 g/mol. The number of ether oxygens (including phenoxy) is 2. The summed E-state index contributed by atoms with van der Waals surface area (Å²) < 4.78 is 11.1. The zero-order valence-corrected chi connectivity index (χ0v) is 21.1. The third-order valence-electron chi connectivity index (χ3n) is 7.77. The van der Waals surface area contributed by atoms with Crippen LogP contribution >= 0.6 is 0 Å². The van der Waals surface area contributed by atoms with Gasteiger partial charge in [-0.05, 0) is 42.7 Å². The first-order valence-corrected chi connectivity index (χ1v) is 12.6. The molecule has 0 atom stereocenters. The minimum atomic E-state index is -0.307. The van der Waals surface area contributed by atoms with Gasteiger partial charge in [-0.25, -0.2) is 4.79 Å². The molecule has 36 heavy (non-hydrogen) atoms. The van der Waals surface area contributed by atoms with E-state index in [0.29, 0.717) is 31.3 Å². The Morgan fingerprint density at radius 1 is 1.11 bits per heavy atom. The lowest BCUT2D eigenvalue weighted by Gasteiger charge is -2.43. The van der Waals surface area contributed by atoms with E-state index in [1.165, 1.54) is 0 Å². The van der Waals surface area contributed by atoms with Crippen LogP contribution < -0.4 is 25.2 Å². The van der Waals surface area contributed by atoms with Gasteiger partial charge >= 0.3 is 6.03 Å². The number of hydrogen-bond acceptors (Lipinski definition) is 8. The lowest BCUT2D eigenvalue weighted by atomic mass is 9.86. The number of urea groups is 1. The second-order valence-electron chi connectivity index (χ2n) is 9.82. The summed E-state index contributed by atoms with van der Waals surface area (Å²) in [4.78, 5) is 24.8. The first kappa shape index (κ1) is 24.8. The van der Waals surface area contributed by atoms with Crippen LogP contribution in [0.5, 0.6) is 11.6 Å². The van der Waals surface area contributed by atoms with Crippen molar-refractivity contribution >= 4 is 11.8 Å². The number of methoxy groups -OCH3 is 2. The first-order valence-electron chi connectivity index (χ1n) is 12.6. The second-order valence-corrected chi connectivity index (χ2v) is 9.82. The fraction of sp³-hybridized carbons (Fsp3) is 0.538. The largest absolute Gasteiger partial charge is 0.497 e. The molecule has 0 unspecified atom stereocenters. The van der Waals surface area contributed by atoms with Crippen molar-refractivity contribution < 1.29 is 19.4 Å². The number of benzene rings is 1. The predicted molar refractivity (Wildman–Crippen MR) is 136 cm³/mol. The Balaban J connectivity index is 1.44. The molecular weight excluding hydrogens is 460 g/mol. The first-order chi connectivity index (χ1) is 17.6. The predicted octanol–water partition coefficient (Wildman–Crippen LogP) is 1.56. The molecule has 1 aromatic carbocycles. The van der Waals surface area contributed by atoms with Gasteiger partial charge in [0, 0.05) is 50.7 Å². The number of hydrogen-bond donors (Lipinski definition) is 3. The highest BCUT2D eigenvalue weighted by molar-refractivity contribution is 5.94. The van der Waals surface area contributed by atoms with Gasteiger partial charge in [0.1, 0.15) is 11.6 Å². The number of carbonyl (C=O) groups excluding carboxylic acids is 1. The second kappa shape index (κ2) is 10.6. The average Bonchev–Trinajstić information content (AvgIpc) is 3.54. The van der Waals surface area contributed by atoms with Gasteiger partial charge < -0.3 is 24.4 Å². The topological polar surface area (TPSA) is 102 Å². The molecule has 10 heteroatoms. The SMILES string of the molecule is COc1cccc(CN2C(=O)N(c3ccc(C4CNNC4)c(OC)n3)CC23CCN(CCO)CC3)c1. The lowest BCUT2D eigenvalue weighted by molar-refractivity contribution is 0.0640. The maximum Gasteiger partial charge on any atom is 0.326 e. The van der Waals surface area contributed by atoms with E-state index in [-0.39, 0.29) is 24.1 Å². The van der Waals surface area contributed by atoms with Crippen LogP contribution in [0.4, 0.5) is 10.6 Å². The van der Waals surface area contributed by atoms with Crippen LogP contribution in [0.15, 0.2) is 36.4 Å². The Hall–Kier alpha value is -2.92. The number of piperidine rings is 1. The smallest absolute Gasteiger partial charge is 0.326 e. The number of pyridine rings is 1. The summed E-state index contributed by atoms with van der Waals surface area (Å²) in [7, 11) is 3.28. The number of hydrazine groups is 1. The summed E-state index contributed by atoms with van der Waals surface area (Å²) >= 11 is 0. The molecule has 2 aromatic rings. The van der Waals surface area contributed by atoms with Crippen molar-refractivity contribution in [1.82, 2.24) is 25.6 Å². The van der Waals surface area contributed by atoms with E-state index in [1.807, 2.05) is 41.3 Å². The molecule has 3 aliphatic rings. The highest BCUT2D eigenvalue weighted by Gasteiger charge is 2.51. The molecule has 0 bridgehead atoms. The molecule has 5 rings (SSSR count). The highest BCUT2D eigenvalue weighted by atomic mass is 16.5. The monoisotopic (exact) mass is 496 g/mol. The Morgan fingerprint density at radius 2 is 1.89 bits per heavy atom. The van der Waals surface area contributed by atoms with Gasteiger partial charge in [-0.1, -0.05) is 12.1 Å². The maximum absolute atomic E-state index is 14.0. The molecule has 3 N–H and O–H groups in total. The van der Waals surface area contributed by atoms with E-state index in [0.717, 1.165) is 55.9 Å². The molecule has 3 saturated heterocycles. The number of anilines is 1. The number of aromatic nitrogens is 1. The number of likely N-dealkylation sites (tertiary alicyclic amines) is 1. The fourth-order valence-corrected chi connectivity index (χ4v) is 5.67. The quantitative estimate of drug-likeness (QED) is 0.506. The number of β-amino-alcohol motifs (C(OH)–C–C–N with tert-alkyl or cyclic N) is 1. The Bertz CT molecular complexity index is 1070. The molecule has 0 aliphatic carbocycles. The van der Waals surface area contributed by atoms with Crippen LogP contribution in [0.3, 0.4) is 0 Å². The third kappa shape index (κ3) is 4.73. The summed E-state index contributed by atoms with van der Waals surface area (Å²) in [6.07, 6.45) is 1.68. The van der Waals surface area contributed by atoms with Gasteiger partial charge in [-0.3, -0.25) is 15.8 Å². The van der Waals surface area contributed by atoms with Gasteiger partial charge in [0.2, 0.25) is 5.88 Å². The summed E-state index contributed by atoms with van der Waals surface area (Å²) in [5, 5.41) is 9.40. The van der Waals surface area contributed by atoms with Crippen LogP contribution in [0, 0.1) is 0 Å². The van der Waals surface area contributed by atoms with Crippen molar-refractivity contribution in [1.29, 1.82) is 0 Å². The molecule has 3 aliphatic heterocycles. The van der Waals surface area contributed by atoms with Crippen LogP contribution in [0.25, 0.3) is 0 Å². The summed E-state index contributed by atoms with van der Waals surface area (Å²) in [6.45, 7) is 5.18. The molecule has 0 radical (unpaired) electrons.